The molecule has 16 heavy (non-hydrogen) atoms. The zero-order valence-corrected chi connectivity index (χ0v) is 10.8. The minimum Gasteiger partial charge on any atom is -0.357 e. The summed E-state index contributed by atoms with van der Waals surface area (Å²) in [6.07, 6.45) is 3.52. The molecule has 0 atom stereocenters. The number of aromatic nitrogens is 2. The quantitative estimate of drug-likeness (QED) is 0.864. The average molecular weight is 296 g/mol. The molecule has 0 amide bonds. The number of thiocarbonyl (C=S) groups is 1. The maximum absolute atomic E-state index is 5.20. The smallest absolute Gasteiger partial charge is 0.194 e. The summed E-state index contributed by atoms with van der Waals surface area (Å²) in [4.78, 5) is 0. The summed E-state index contributed by atoms with van der Waals surface area (Å²) in [6.45, 7) is 0.706. The van der Waals surface area contributed by atoms with Crippen LogP contribution in [-0.4, -0.2) is 14.9 Å². The van der Waals surface area contributed by atoms with Crippen molar-refractivity contribution in [2.45, 2.75) is 6.54 Å². The van der Waals surface area contributed by atoms with Crippen molar-refractivity contribution in [1.82, 2.24) is 15.1 Å². The van der Waals surface area contributed by atoms with Gasteiger partial charge in [-0.15, -0.1) is 0 Å². The second kappa shape index (κ2) is 5.23. The zero-order valence-electron chi connectivity index (χ0n) is 8.43. The van der Waals surface area contributed by atoms with Crippen LogP contribution in [0.15, 0.2) is 47.2 Å². The van der Waals surface area contributed by atoms with Crippen LogP contribution in [0.2, 0.25) is 0 Å². The lowest BCUT2D eigenvalue weighted by Gasteiger charge is -2.07. The second-order valence-electron chi connectivity index (χ2n) is 3.25. The maximum Gasteiger partial charge on any atom is 0.194 e. The lowest BCUT2D eigenvalue weighted by Crippen LogP contribution is -2.27. The van der Waals surface area contributed by atoms with Crippen molar-refractivity contribution < 1.29 is 0 Å². The van der Waals surface area contributed by atoms with Crippen molar-refractivity contribution >= 4 is 33.3 Å². The van der Waals surface area contributed by atoms with E-state index in [2.05, 4.69) is 38.5 Å². The summed E-state index contributed by atoms with van der Waals surface area (Å²) in [5, 5.41) is 7.83. The van der Waals surface area contributed by atoms with Crippen molar-refractivity contribution in [3.05, 3.63) is 52.8 Å². The highest BCUT2D eigenvalue weighted by Gasteiger charge is 2.01. The van der Waals surface area contributed by atoms with E-state index in [4.69, 9.17) is 12.2 Å². The highest BCUT2D eigenvalue weighted by Crippen LogP contribution is 2.06. The van der Waals surface area contributed by atoms with Crippen LogP contribution in [0, 0.1) is 0 Å². The van der Waals surface area contributed by atoms with Gasteiger partial charge in [0.1, 0.15) is 0 Å². The normalized spacial score (nSPS) is 10.1. The number of hydrogen-bond donors (Lipinski definition) is 1. The highest BCUT2D eigenvalue weighted by molar-refractivity contribution is 9.10. The molecule has 5 heteroatoms. The Morgan fingerprint density at radius 1 is 1.38 bits per heavy atom. The largest absolute Gasteiger partial charge is 0.357 e. The Bertz CT molecular complexity index is 481. The Hall–Kier alpha value is -1.20. The molecule has 0 unspecified atom stereocenters. The van der Waals surface area contributed by atoms with Gasteiger partial charge >= 0.3 is 0 Å². The van der Waals surface area contributed by atoms with E-state index in [9.17, 15) is 0 Å². The summed E-state index contributed by atoms with van der Waals surface area (Å²) < 4.78 is 2.54. The third-order valence-corrected chi connectivity index (χ3v) is 2.79. The fourth-order valence-electron chi connectivity index (χ4n) is 1.27. The van der Waals surface area contributed by atoms with E-state index in [1.807, 2.05) is 24.4 Å². The molecule has 0 aliphatic rings. The average Bonchev–Trinajstić information content (AvgIpc) is 2.74. The van der Waals surface area contributed by atoms with Crippen LogP contribution in [0.4, 0.5) is 0 Å². The van der Waals surface area contributed by atoms with Crippen LogP contribution in [0.3, 0.4) is 0 Å². The van der Waals surface area contributed by atoms with Crippen molar-refractivity contribution in [2.24, 2.45) is 0 Å². The minimum absolute atomic E-state index is 0.592. The molecule has 0 saturated carbocycles. The summed E-state index contributed by atoms with van der Waals surface area (Å²) in [6, 6.07) is 10.1. The van der Waals surface area contributed by atoms with Crippen molar-refractivity contribution in [3.8, 4) is 0 Å². The number of halogens is 1. The van der Waals surface area contributed by atoms with Crippen LogP contribution in [0.1, 0.15) is 5.56 Å². The maximum atomic E-state index is 5.20. The van der Waals surface area contributed by atoms with Gasteiger partial charge in [-0.2, -0.15) is 5.10 Å². The van der Waals surface area contributed by atoms with E-state index in [1.54, 1.807) is 10.9 Å². The number of rotatable bonds is 2. The molecule has 3 nitrogen and oxygen atoms in total. The van der Waals surface area contributed by atoms with Crippen molar-refractivity contribution in [1.29, 1.82) is 0 Å². The van der Waals surface area contributed by atoms with E-state index in [0.29, 0.717) is 11.7 Å². The zero-order chi connectivity index (χ0) is 11.4. The van der Waals surface area contributed by atoms with Gasteiger partial charge in [-0.1, -0.05) is 30.3 Å². The lowest BCUT2D eigenvalue weighted by molar-refractivity contribution is 0.836. The summed E-state index contributed by atoms with van der Waals surface area (Å²) in [5.41, 5.74) is 1.19. The molecule has 0 aliphatic heterocycles. The molecule has 0 spiro atoms. The third kappa shape index (κ3) is 2.90. The molecule has 2 aromatic rings. The monoisotopic (exact) mass is 295 g/mol. The molecule has 0 aliphatic carbocycles. The first-order chi connectivity index (χ1) is 7.75. The first kappa shape index (κ1) is 11.3. The summed E-state index contributed by atoms with van der Waals surface area (Å²) in [7, 11) is 0. The fourth-order valence-corrected chi connectivity index (χ4v) is 1.72. The first-order valence-electron chi connectivity index (χ1n) is 4.78. The van der Waals surface area contributed by atoms with Gasteiger partial charge in [0.2, 0.25) is 0 Å². The Kier molecular flexibility index (Phi) is 3.69. The van der Waals surface area contributed by atoms with Gasteiger partial charge in [0.15, 0.2) is 5.11 Å². The lowest BCUT2D eigenvalue weighted by atomic mass is 10.2. The summed E-state index contributed by atoms with van der Waals surface area (Å²) >= 11 is 8.53. The van der Waals surface area contributed by atoms with Gasteiger partial charge in [-0.25, -0.2) is 4.68 Å². The molecule has 0 radical (unpaired) electrons. The Labute approximate surface area is 108 Å². The molecule has 0 saturated heterocycles. The van der Waals surface area contributed by atoms with Gasteiger partial charge in [0.05, 0.1) is 10.7 Å². The standard InChI is InChI=1S/C11H10BrN3S/c12-10-7-14-15(8-10)11(16)13-6-9-4-2-1-3-5-9/h1-5,7-8H,6H2,(H,13,16). The molecule has 2 rings (SSSR count). The summed E-state index contributed by atoms with van der Waals surface area (Å²) in [5.74, 6) is 0. The number of hydrogen-bond acceptors (Lipinski definition) is 2. The van der Waals surface area contributed by atoms with Crippen LogP contribution in [0.25, 0.3) is 0 Å². The molecule has 0 fully saturated rings. The molecule has 82 valence electrons. The molecule has 1 heterocycles. The SMILES string of the molecule is S=C(NCc1ccccc1)n1cc(Br)cn1. The second-order valence-corrected chi connectivity index (χ2v) is 4.55. The molecule has 1 aromatic heterocycles. The number of nitrogens with one attached hydrogen (secondary N) is 1. The molecular weight excluding hydrogens is 286 g/mol. The Balaban J connectivity index is 1.94. The third-order valence-electron chi connectivity index (χ3n) is 2.05. The number of benzene rings is 1. The Morgan fingerprint density at radius 3 is 2.75 bits per heavy atom. The van der Waals surface area contributed by atoms with Crippen molar-refractivity contribution in [2.75, 3.05) is 0 Å². The van der Waals surface area contributed by atoms with E-state index in [0.717, 1.165) is 4.47 Å². The van der Waals surface area contributed by atoms with Gasteiger partial charge in [-0.3, -0.25) is 0 Å². The van der Waals surface area contributed by atoms with Gasteiger partial charge in [-0.05, 0) is 33.7 Å². The van der Waals surface area contributed by atoms with Crippen LogP contribution in [0.5, 0.6) is 0 Å². The Morgan fingerprint density at radius 2 is 2.12 bits per heavy atom. The first-order valence-corrected chi connectivity index (χ1v) is 5.98. The van der Waals surface area contributed by atoms with Gasteiger partial charge in [0.25, 0.3) is 0 Å². The molecule has 0 bridgehead atoms. The van der Waals surface area contributed by atoms with E-state index < -0.39 is 0 Å². The highest BCUT2D eigenvalue weighted by atomic mass is 79.9. The minimum atomic E-state index is 0.592. The van der Waals surface area contributed by atoms with Gasteiger partial charge in [0, 0.05) is 12.7 Å². The van der Waals surface area contributed by atoms with Crippen LogP contribution >= 0.6 is 28.1 Å². The predicted molar refractivity (Wildman–Crippen MR) is 71.2 cm³/mol. The molecule has 1 aromatic carbocycles. The van der Waals surface area contributed by atoms with E-state index in [1.165, 1.54) is 5.56 Å². The van der Waals surface area contributed by atoms with Crippen LogP contribution in [-0.2, 0) is 6.54 Å². The molecule has 1 N–H and O–H groups in total. The fraction of sp³-hybridized carbons (Fsp3) is 0.0909. The number of nitrogens with zero attached hydrogens (tertiary/aromatic N) is 2. The van der Waals surface area contributed by atoms with Crippen molar-refractivity contribution in [3.63, 3.8) is 0 Å². The van der Waals surface area contributed by atoms with Gasteiger partial charge < -0.3 is 5.32 Å². The predicted octanol–water partition coefficient (Wildman–Crippen LogP) is 2.57. The topological polar surface area (TPSA) is 29.9 Å². The van der Waals surface area contributed by atoms with Crippen LogP contribution < -0.4 is 5.32 Å². The molecular formula is C11H10BrN3S. The van der Waals surface area contributed by atoms with E-state index in [-0.39, 0.29) is 0 Å². The van der Waals surface area contributed by atoms with E-state index >= 15 is 0 Å².